The van der Waals surface area contributed by atoms with Crippen LogP contribution in [0.1, 0.15) is 0 Å². The molecular weight excluding hydrogens is 210 g/mol. The van der Waals surface area contributed by atoms with E-state index in [2.05, 4.69) is 11.7 Å². The van der Waals surface area contributed by atoms with E-state index in [1.807, 2.05) is 0 Å². The molecule has 0 aliphatic rings. The molecule has 0 aliphatic heterocycles. The minimum Gasteiger partial charge on any atom is -0.478 e. The number of hydrogen-bond donors (Lipinski definition) is 1. The molecule has 0 bridgehead atoms. The van der Waals surface area contributed by atoms with E-state index in [4.69, 9.17) is 5.11 Å². The summed E-state index contributed by atoms with van der Waals surface area (Å²) in [5, 5.41) is 12.5. The van der Waals surface area contributed by atoms with Gasteiger partial charge in [-0.05, 0) is 0 Å². The van der Waals surface area contributed by atoms with Crippen LogP contribution in [-0.4, -0.2) is 35.0 Å². The van der Waals surface area contributed by atoms with Crippen LogP contribution < -0.4 is 10.5 Å². The fraction of sp³-hybridized carbons (Fsp3) is 0.300. The maximum atomic E-state index is 11.5. The van der Waals surface area contributed by atoms with E-state index in [9.17, 15) is 9.59 Å². The highest BCUT2D eigenvalue weighted by molar-refractivity contribution is 5.85. The van der Waals surface area contributed by atoms with Gasteiger partial charge in [-0.25, -0.2) is 9.48 Å². The van der Waals surface area contributed by atoms with Crippen molar-refractivity contribution in [2.45, 2.75) is 6.54 Å². The van der Waals surface area contributed by atoms with Gasteiger partial charge in [0.1, 0.15) is 0 Å². The van der Waals surface area contributed by atoms with Crippen LogP contribution in [0.3, 0.4) is 0 Å². The second-order valence-corrected chi connectivity index (χ2v) is 3.51. The lowest BCUT2D eigenvalue weighted by molar-refractivity contribution is -0.132. The Bertz CT molecular complexity index is 476. The second-order valence-electron chi connectivity index (χ2n) is 3.51. The molecule has 0 saturated carbocycles. The molecule has 0 radical (unpaired) electrons. The largest absolute Gasteiger partial charge is 0.478 e. The Morgan fingerprint density at radius 3 is 2.69 bits per heavy atom. The number of nitrogens with zero attached hydrogens (tertiary/aromatic N) is 3. The molecule has 16 heavy (non-hydrogen) atoms. The van der Waals surface area contributed by atoms with Crippen molar-refractivity contribution in [1.82, 2.24) is 9.78 Å². The summed E-state index contributed by atoms with van der Waals surface area (Å²) in [6, 6.07) is 1.39. The van der Waals surface area contributed by atoms with E-state index < -0.39 is 5.97 Å². The van der Waals surface area contributed by atoms with E-state index in [0.29, 0.717) is 5.69 Å². The first kappa shape index (κ1) is 12.0. The summed E-state index contributed by atoms with van der Waals surface area (Å²) in [4.78, 5) is 23.8. The van der Waals surface area contributed by atoms with Gasteiger partial charge < -0.3 is 10.0 Å². The number of carbonyl (C=O) groups is 1. The van der Waals surface area contributed by atoms with Crippen molar-refractivity contribution in [1.29, 1.82) is 0 Å². The van der Waals surface area contributed by atoms with Crippen molar-refractivity contribution >= 4 is 11.7 Å². The van der Waals surface area contributed by atoms with Crippen LogP contribution in [0.15, 0.2) is 29.2 Å². The van der Waals surface area contributed by atoms with Crippen LogP contribution in [0, 0.1) is 0 Å². The van der Waals surface area contributed by atoms with Crippen LogP contribution in [0.25, 0.3) is 0 Å². The SMILES string of the molecule is C=C(Cn1ncc(N(C)C)cc1=O)C(=O)O. The monoisotopic (exact) mass is 223 g/mol. The van der Waals surface area contributed by atoms with Gasteiger partial charge in [0.2, 0.25) is 0 Å². The molecule has 1 aromatic rings. The smallest absolute Gasteiger partial charge is 0.332 e. The van der Waals surface area contributed by atoms with Gasteiger partial charge in [-0.15, -0.1) is 0 Å². The topological polar surface area (TPSA) is 75.4 Å². The Hall–Kier alpha value is -2.11. The third kappa shape index (κ3) is 2.69. The van der Waals surface area contributed by atoms with Crippen molar-refractivity contribution in [3.8, 4) is 0 Å². The zero-order valence-corrected chi connectivity index (χ0v) is 9.17. The quantitative estimate of drug-likeness (QED) is 0.724. The molecule has 0 fully saturated rings. The number of anilines is 1. The number of carboxylic acid groups (broad SMARTS) is 1. The van der Waals surface area contributed by atoms with Crippen LogP contribution in [0.2, 0.25) is 0 Å². The van der Waals surface area contributed by atoms with Crippen molar-refractivity contribution in [3.05, 3.63) is 34.8 Å². The highest BCUT2D eigenvalue weighted by Crippen LogP contribution is 2.04. The summed E-state index contributed by atoms with van der Waals surface area (Å²) >= 11 is 0. The summed E-state index contributed by atoms with van der Waals surface area (Å²) in [7, 11) is 3.58. The average molecular weight is 223 g/mol. The van der Waals surface area contributed by atoms with Gasteiger partial charge in [-0.3, -0.25) is 4.79 Å². The average Bonchev–Trinajstić information content (AvgIpc) is 2.20. The summed E-state index contributed by atoms with van der Waals surface area (Å²) in [6.45, 7) is 3.23. The Morgan fingerprint density at radius 1 is 1.62 bits per heavy atom. The summed E-state index contributed by atoms with van der Waals surface area (Å²) in [5.41, 5.74) is 0.239. The Balaban J connectivity index is 2.96. The van der Waals surface area contributed by atoms with Crippen molar-refractivity contribution in [2.75, 3.05) is 19.0 Å². The molecule has 6 nitrogen and oxygen atoms in total. The summed E-state index contributed by atoms with van der Waals surface area (Å²) < 4.78 is 1.06. The fourth-order valence-corrected chi connectivity index (χ4v) is 1.04. The van der Waals surface area contributed by atoms with E-state index >= 15 is 0 Å². The molecule has 0 saturated heterocycles. The molecule has 1 heterocycles. The Labute approximate surface area is 92.4 Å². The van der Waals surface area contributed by atoms with Gasteiger partial charge in [0.15, 0.2) is 0 Å². The zero-order chi connectivity index (χ0) is 12.3. The molecule has 1 N–H and O–H groups in total. The molecule has 0 amide bonds. The van der Waals surface area contributed by atoms with Crippen molar-refractivity contribution < 1.29 is 9.90 Å². The maximum Gasteiger partial charge on any atom is 0.332 e. The predicted molar refractivity (Wildman–Crippen MR) is 59.6 cm³/mol. The summed E-state index contributed by atoms with van der Waals surface area (Å²) in [6.07, 6.45) is 1.50. The van der Waals surface area contributed by atoms with Gasteiger partial charge in [-0.2, -0.15) is 5.10 Å². The van der Waals surface area contributed by atoms with Gasteiger partial charge >= 0.3 is 5.97 Å². The van der Waals surface area contributed by atoms with Crippen LogP contribution in [0.5, 0.6) is 0 Å². The number of aromatic nitrogens is 2. The van der Waals surface area contributed by atoms with Crippen LogP contribution in [-0.2, 0) is 11.3 Å². The van der Waals surface area contributed by atoms with E-state index in [1.165, 1.54) is 12.3 Å². The lowest BCUT2D eigenvalue weighted by atomic mass is 10.3. The highest BCUT2D eigenvalue weighted by Gasteiger charge is 2.07. The standard InChI is InChI=1S/C10H13N3O3/c1-7(10(15)16)6-13-9(14)4-8(5-11-13)12(2)3/h4-5H,1,6H2,2-3H3,(H,15,16). The molecule has 0 aliphatic carbocycles. The third-order valence-corrected chi connectivity index (χ3v) is 2.01. The predicted octanol–water partition coefficient (Wildman–Crippen LogP) is -0.0499. The molecule has 86 valence electrons. The lowest BCUT2D eigenvalue weighted by Gasteiger charge is -2.12. The Kier molecular flexibility index (Phi) is 3.44. The van der Waals surface area contributed by atoms with Gasteiger partial charge in [-0.1, -0.05) is 6.58 Å². The normalized spacial score (nSPS) is 9.88. The number of carboxylic acids is 1. The molecular formula is C10H13N3O3. The lowest BCUT2D eigenvalue weighted by Crippen LogP contribution is -2.26. The number of aliphatic carboxylic acids is 1. The molecule has 6 heteroatoms. The second kappa shape index (κ2) is 4.61. The minimum absolute atomic E-state index is 0.0767. The van der Waals surface area contributed by atoms with Crippen LogP contribution in [0.4, 0.5) is 5.69 Å². The first-order chi connectivity index (χ1) is 7.41. The van der Waals surface area contributed by atoms with Crippen molar-refractivity contribution in [3.63, 3.8) is 0 Å². The molecule has 1 rings (SSSR count). The molecule has 1 aromatic heterocycles. The van der Waals surface area contributed by atoms with Gasteiger partial charge in [0.05, 0.1) is 24.0 Å². The molecule has 0 unspecified atom stereocenters. The summed E-state index contributed by atoms with van der Waals surface area (Å²) in [5.74, 6) is -1.13. The zero-order valence-electron chi connectivity index (χ0n) is 9.17. The Morgan fingerprint density at radius 2 is 2.25 bits per heavy atom. The maximum absolute atomic E-state index is 11.5. The molecule has 0 aromatic carbocycles. The van der Waals surface area contributed by atoms with E-state index in [0.717, 1.165) is 4.68 Å². The molecule has 0 atom stereocenters. The first-order valence-corrected chi connectivity index (χ1v) is 4.57. The fourth-order valence-electron chi connectivity index (χ4n) is 1.04. The first-order valence-electron chi connectivity index (χ1n) is 4.57. The van der Waals surface area contributed by atoms with Crippen LogP contribution >= 0.6 is 0 Å². The number of hydrogen-bond acceptors (Lipinski definition) is 4. The highest BCUT2D eigenvalue weighted by atomic mass is 16.4. The number of rotatable bonds is 4. The molecule has 0 spiro atoms. The van der Waals surface area contributed by atoms with Gasteiger partial charge in [0, 0.05) is 20.2 Å². The van der Waals surface area contributed by atoms with Gasteiger partial charge in [0.25, 0.3) is 5.56 Å². The van der Waals surface area contributed by atoms with E-state index in [1.54, 1.807) is 19.0 Å². The minimum atomic E-state index is -1.13. The van der Waals surface area contributed by atoms with E-state index in [-0.39, 0.29) is 17.7 Å². The van der Waals surface area contributed by atoms with Crippen molar-refractivity contribution in [2.24, 2.45) is 0 Å². The third-order valence-electron chi connectivity index (χ3n) is 2.01.